The van der Waals surface area contributed by atoms with Crippen LogP contribution in [0.1, 0.15) is 17.2 Å². The number of fused-ring (bicyclic) bond motifs is 1. The van der Waals surface area contributed by atoms with Crippen molar-refractivity contribution in [1.29, 1.82) is 0 Å². The summed E-state index contributed by atoms with van der Waals surface area (Å²) in [5.74, 6) is -5.74. The maximum Gasteiger partial charge on any atom is 0.325 e. The standard InChI is InChI=1S/C26H19Cl2FN2O4/c27-15-10-11-19(17(28)12-15)31-23(32)20-21(24(31)33)26(25(34)35,13-14-6-2-1-3-7-14)30-22(20)16-8-4-5-9-18(16)29/h1-12,20-22,30H,13H2,(H,34,35)/t20-,21-,22-,26+/m0/s1. The Morgan fingerprint density at radius 1 is 1.00 bits per heavy atom. The van der Waals surface area contributed by atoms with Gasteiger partial charge in [-0.15, -0.1) is 0 Å². The van der Waals surface area contributed by atoms with E-state index >= 15 is 0 Å². The van der Waals surface area contributed by atoms with Crippen molar-refractivity contribution in [2.75, 3.05) is 4.90 Å². The monoisotopic (exact) mass is 512 g/mol. The molecule has 9 heteroatoms. The number of imide groups is 1. The van der Waals surface area contributed by atoms with E-state index in [-0.39, 0.29) is 22.7 Å². The summed E-state index contributed by atoms with van der Waals surface area (Å²) in [4.78, 5) is 41.3. The number of carboxylic acids is 1. The SMILES string of the molecule is O=C1[C@H]2[C@@H](C(=O)N1c1ccc(Cl)cc1Cl)[C@](Cc1ccccc1)(C(=O)O)N[C@H]2c1ccccc1F. The summed E-state index contributed by atoms with van der Waals surface area (Å²) < 4.78 is 14.9. The summed E-state index contributed by atoms with van der Waals surface area (Å²) in [5, 5.41) is 13.9. The van der Waals surface area contributed by atoms with Crippen molar-refractivity contribution in [2.24, 2.45) is 11.8 Å². The van der Waals surface area contributed by atoms with Crippen molar-refractivity contribution in [2.45, 2.75) is 18.0 Å². The number of aliphatic carboxylic acids is 1. The number of nitrogens with one attached hydrogen (secondary N) is 1. The number of anilines is 1. The van der Waals surface area contributed by atoms with E-state index in [1.165, 1.54) is 36.4 Å². The van der Waals surface area contributed by atoms with Crippen molar-refractivity contribution < 1.29 is 23.9 Å². The summed E-state index contributed by atoms with van der Waals surface area (Å²) in [7, 11) is 0. The van der Waals surface area contributed by atoms with Crippen LogP contribution in [0, 0.1) is 17.7 Å². The third-order valence-corrected chi connectivity index (χ3v) is 7.29. The highest BCUT2D eigenvalue weighted by Gasteiger charge is 2.69. The largest absolute Gasteiger partial charge is 0.480 e. The number of carboxylic acid groups (broad SMARTS) is 1. The lowest BCUT2D eigenvalue weighted by Gasteiger charge is -2.31. The van der Waals surface area contributed by atoms with Gasteiger partial charge in [-0.25, -0.2) is 9.29 Å². The minimum atomic E-state index is -1.86. The van der Waals surface area contributed by atoms with Crippen LogP contribution >= 0.6 is 23.2 Å². The van der Waals surface area contributed by atoms with Crippen LogP contribution in [-0.2, 0) is 20.8 Å². The molecule has 0 bridgehead atoms. The molecule has 178 valence electrons. The molecule has 2 aliphatic heterocycles. The number of nitrogens with zero attached hydrogens (tertiary/aromatic N) is 1. The Balaban J connectivity index is 1.69. The highest BCUT2D eigenvalue weighted by molar-refractivity contribution is 6.38. The third kappa shape index (κ3) is 3.71. The molecule has 6 nitrogen and oxygen atoms in total. The van der Waals surface area contributed by atoms with Gasteiger partial charge in [0.2, 0.25) is 11.8 Å². The van der Waals surface area contributed by atoms with Crippen LogP contribution < -0.4 is 10.2 Å². The van der Waals surface area contributed by atoms with Gasteiger partial charge in [0, 0.05) is 23.0 Å². The Hall–Kier alpha value is -3.26. The molecule has 0 unspecified atom stereocenters. The summed E-state index contributed by atoms with van der Waals surface area (Å²) in [6.45, 7) is 0. The van der Waals surface area contributed by atoms with Crippen LogP contribution in [0.4, 0.5) is 10.1 Å². The summed E-state index contributed by atoms with van der Waals surface area (Å²) >= 11 is 12.3. The van der Waals surface area contributed by atoms with E-state index in [1.54, 1.807) is 36.4 Å². The maximum absolute atomic E-state index is 14.9. The van der Waals surface area contributed by atoms with Gasteiger partial charge in [0.15, 0.2) is 0 Å². The highest BCUT2D eigenvalue weighted by Crippen LogP contribution is 2.52. The van der Waals surface area contributed by atoms with Gasteiger partial charge in [0.05, 0.1) is 22.5 Å². The van der Waals surface area contributed by atoms with Gasteiger partial charge >= 0.3 is 5.97 Å². The molecule has 3 aromatic carbocycles. The first kappa shape index (κ1) is 23.5. The molecule has 2 amide bonds. The smallest absolute Gasteiger partial charge is 0.325 e. The number of amides is 2. The van der Waals surface area contributed by atoms with Crippen LogP contribution in [0.15, 0.2) is 72.8 Å². The molecule has 2 fully saturated rings. The van der Waals surface area contributed by atoms with Crippen molar-refractivity contribution in [3.8, 4) is 0 Å². The third-order valence-electron chi connectivity index (χ3n) is 6.75. The molecule has 2 aliphatic rings. The fourth-order valence-electron chi connectivity index (χ4n) is 5.25. The minimum Gasteiger partial charge on any atom is -0.480 e. The lowest BCUT2D eigenvalue weighted by atomic mass is 9.76. The number of hydrogen-bond donors (Lipinski definition) is 2. The molecule has 5 rings (SSSR count). The van der Waals surface area contributed by atoms with Crippen LogP contribution in [0.2, 0.25) is 10.0 Å². The minimum absolute atomic E-state index is 0.0681. The topological polar surface area (TPSA) is 86.7 Å². The summed E-state index contributed by atoms with van der Waals surface area (Å²) in [6.07, 6.45) is -0.0868. The molecule has 3 aromatic rings. The van der Waals surface area contributed by atoms with Crippen LogP contribution in [0.5, 0.6) is 0 Å². The zero-order valence-electron chi connectivity index (χ0n) is 18.1. The molecule has 0 spiro atoms. The maximum atomic E-state index is 14.9. The number of benzene rings is 3. The van der Waals surface area contributed by atoms with E-state index in [1.807, 2.05) is 0 Å². The van der Waals surface area contributed by atoms with E-state index in [2.05, 4.69) is 5.32 Å². The van der Waals surface area contributed by atoms with Gasteiger partial charge in [-0.3, -0.25) is 19.7 Å². The van der Waals surface area contributed by atoms with Gasteiger partial charge in [0.25, 0.3) is 0 Å². The second-order valence-corrected chi connectivity index (χ2v) is 9.54. The molecule has 2 N–H and O–H groups in total. The van der Waals surface area contributed by atoms with Crippen LogP contribution in [0.25, 0.3) is 0 Å². The zero-order chi connectivity index (χ0) is 24.9. The van der Waals surface area contributed by atoms with E-state index in [9.17, 15) is 23.9 Å². The molecule has 0 saturated carbocycles. The number of carbonyl (C=O) groups is 3. The van der Waals surface area contributed by atoms with Gasteiger partial charge in [-0.2, -0.15) is 0 Å². The Morgan fingerprint density at radius 2 is 1.69 bits per heavy atom. The van der Waals surface area contributed by atoms with Crippen LogP contribution in [0.3, 0.4) is 0 Å². The Morgan fingerprint density at radius 3 is 2.34 bits per heavy atom. The number of carbonyl (C=O) groups excluding carboxylic acids is 2. The van der Waals surface area contributed by atoms with Crippen molar-refractivity contribution in [3.63, 3.8) is 0 Å². The quantitative estimate of drug-likeness (QED) is 0.486. The van der Waals surface area contributed by atoms with Crippen molar-refractivity contribution >= 4 is 46.7 Å². The molecule has 4 atom stereocenters. The normalized spacial score (nSPS) is 25.7. The fraction of sp³-hybridized carbons (Fsp3) is 0.192. The molecule has 0 radical (unpaired) electrons. The molecule has 0 aromatic heterocycles. The Kier molecular flexibility index (Phi) is 5.87. The molecule has 2 heterocycles. The van der Waals surface area contributed by atoms with E-state index in [0.29, 0.717) is 10.6 Å². The number of rotatable bonds is 5. The lowest BCUT2D eigenvalue weighted by Crippen LogP contribution is -2.57. The molecular weight excluding hydrogens is 494 g/mol. The number of hydrogen-bond acceptors (Lipinski definition) is 4. The predicted molar refractivity (Wildman–Crippen MR) is 129 cm³/mol. The van der Waals surface area contributed by atoms with Gasteiger partial charge in [-0.1, -0.05) is 71.7 Å². The first-order chi connectivity index (χ1) is 16.7. The Bertz CT molecular complexity index is 1350. The van der Waals surface area contributed by atoms with Crippen molar-refractivity contribution in [1.82, 2.24) is 5.32 Å². The second-order valence-electron chi connectivity index (χ2n) is 8.69. The first-order valence-corrected chi connectivity index (χ1v) is 11.6. The average molecular weight is 513 g/mol. The fourth-order valence-corrected chi connectivity index (χ4v) is 5.74. The highest BCUT2D eigenvalue weighted by atomic mass is 35.5. The van der Waals surface area contributed by atoms with Gasteiger partial charge in [0.1, 0.15) is 11.4 Å². The van der Waals surface area contributed by atoms with Crippen molar-refractivity contribution in [3.05, 3.63) is 99.8 Å². The van der Waals surface area contributed by atoms with E-state index in [0.717, 1.165) is 4.90 Å². The zero-order valence-corrected chi connectivity index (χ0v) is 19.6. The predicted octanol–water partition coefficient (Wildman–Crippen LogP) is 4.65. The van der Waals surface area contributed by atoms with E-state index in [4.69, 9.17) is 23.2 Å². The summed E-state index contributed by atoms with van der Waals surface area (Å²) in [5.41, 5.74) is -0.992. The molecule has 2 saturated heterocycles. The number of halogens is 3. The molecular formula is C26H19Cl2FN2O4. The molecule has 35 heavy (non-hydrogen) atoms. The molecule has 0 aliphatic carbocycles. The summed E-state index contributed by atoms with van der Waals surface area (Å²) in [6, 6.07) is 17.9. The van der Waals surface area contributed by atoms with E-state index < -0.39 is 47.0 Å². The first-order valence-electron chi connectivity index (χ1n) is 10.9. The second kappa shape index (κ2) is 8.75. The Labute approximate surface area is 210 Å². The van der Waals surface area contributed by atoms with Crippen LogP contribution in [-0.4, -0.2) is 28.4 Å². The van der Waals surface area contributed by atoms with Gasteiger partial charge in [-0.05, 0) is 29.8 Å². The average Bonchev–Trinajstić information content (AvgIpc) is 3.29. The lowest BCUT2D eigenvalue weighted by molar-refractivity contribution is -0.148. The van der Waals surface area contributed by atoms with Gasteiger partial charge < -0.3 is 5.11 Å².